The molecule has 4 heteroatoms. The lowest BCUT2D eigenvalue weighted by atomic mass is 10.0. The summed E-state index contributed by atoms with van der Waals surface area (Å²) in [6.07, 6.45) is 3.30. The molecule has 2 heterocycles. The Morgan fingerprint density at radius 3 is 2.58 bits per heavy atom. The fraction of sp³-hybridized carbons (Fsp3) is 0.733. The molecule has 0 bridgehead atoms. The molecule has 0 unspecified atom stereocenters. The van der Waals surface area contributed by atoms with Crippen LogP contribution in [0.4, 0.5) is 5.82 Å². The van der Waals surface area contributed by atoms with Gasteiger partial charge in [0.15, 0.2) is 0 Å². The van der Waals surface area contributed by atoms with Crippen LogP contribution in [-0.4, -0.2) is 35.1 Å². The van der Waals surface area contributed by atoms with E-state index in [1.807, 2.05) is 0 Å². The molecule has 0 spiro atoms. The second-order valence-electron chi connectivity index (χ2n) is 5.72. The van der Waals surface area contributed by atoms with Crippen molar-refractivity contribution in [3.05, 3.63) is 17.6 Å². The molecular weight excluding hydrogens is 236 g/mol. The van der Waals surface area contributed by atoms with Gasteiger partial charge in [0.25, 0.3) is 0 Å². The first-order chi connectivity index (χ1) is 9.08. The second kappa shape index (κ2) is 6.33. The van der Waals surface area contributed by atoms with Crippen molar-refractivity contribution in [2.24, 2.45) is 0 Å². The Balaban J connectivity index is 1.99. The Morgan fingerprint density at radius 2 is 2.00 bits per heavy atom. The van der Waals surface area contributed by atoms with Gasteiger partial charge in [0, 0.05) is 43.4 Å². The predicted molar refractivity (Wildman–Crippen MR) is 79.7 cm³/mol. The van der Waals surface area contributed by atoms with Crippen LogP contribution >= 0.6 is 0 Å². The van der Waals surface area contributed by atoms with Gasteiger partial charge in [0.1, 0.15) is 11.6 Å². The SMILES string of the molecule is CCc1nc(C)cc(N2CCC(NC(C)C)CC2)n1. The minimum absolute atomic E-state index is 0.574. The first kappa shape index (κ1) is 14.3. The molecule has 1 aromatic heterocycles. The van der Waals surface area contributed by atoms with Gasteiger partial charge in [-0.2, -0.15) is 0 Å². The molecule has 0 aliphatic carbocycles. The lowest BCUT2D eigenvalue weighted by Gasteiger charge is -2.34. The van der Waals surface area contributed by atoms with Crippen molar-refractivity contribution in [2.45, 2.75) is 59.0 Å². The summed E-state index contributed by atoms with van der Waals surface area (Å²) in [5.74, 6) is 2.06. The third-order valence-electron chi connectivity index (χ3n) is 3.59. The molecule has 1 aliphatic rings. The van der Waals surface area contributed by atoms with Gasteiger partial charge in [-0.05, 0) is 19.8 Å². The molecule has 0 radical (unpaired) electrons. The topological polar surface area (TPSA) is 41.1 Å². The maximum atomic E-state index is 4.66. The van der Waals surface area contributed by atoms with E-state index in [0.717, 1.165) is 36.8 Å². The fourth-order valence-electron chi connectivity index (χ4n) is 2.68. The van der Waals surface area contributed by atoms with E-state index in [4.69, 9.17) is 0 Å². The number of nitrogens with one attached hydrogen (secondary N) is 1. The van der Waals surface area contributed by atoms with E-state index >= 15 is 0 Å². The Hall–Kier alpha value is -1.16. The molecule has 0 atom stereocenters. The van der Waals surface area contributed by atoms with Gasteiger partial charge in [-0.25, -0.2) is 9.97 Å². The lowest BCUT2D eigenvalue weighted by molar-refractivity contribution is 0.386. The maximum Gasteiger partial charge on any atom is 0.132 e. The van der Waals surface area contributed by atoms with Crippen LogP contribution in [0.25, 0.3) is 0 Å². The zero-order chi connectivity index (χ0) is 13.8. The summed E-state index contributed by atoms with van der Waals surface area (Å²) in [7, 11) is 0. The first-order valence-electron chi connectivity index (χ1n) is 7.44. The van der Waals surface area contributed by atoms with Gasteiger partial charge in [0.05, 0.1) is 0 Å². The predicted octanol–water partition coefficient (Wildman–Crippen LogP) is 2.31. The van der Waals surface area contributed by atoms with Gasteiger partial charge in [-0.15, -0.1) is 0 Å². The van der Waals surface area contributed by atoms with Crippen LogP contribution in [0, 0.1) is 6.92 Å². The molecule has 1 fully saturated rings. The van der Waals surface area contributed by atoms with Crippen molar-refractivity contribution in [3.63, 3.8) is 0 Å². The van der Waals surface area contributed by atoms with E-state index in [1.165, 1.54) is 12.8 Å². The van der Waals surface area contributed by atoms with Crippen LogP contribution in [0.1, 0.15) is 45.1 Å². The van der Waals surface area contributed by atoms with Crippen LogP contribution in [0.15, 0.2) is 6.07 Å². The second-order valence-corrected chi connectivity index (χ2v) is 5.72. The standard InChI is InChI=1S/C15H26N4/c1-5-14-17-12(4)10-15(18-14)19-8-6-13(7-9-19)16-11(2)3/h10-11,13,16H,5-9H2,1-4H3. The van der Waals surface area contributed by atoms with Gasteiger partial charge >= 0.3 is 0 Å². The summed E-state index contributed by atoms with van der Waals surface area (Å²) in [5.41, 5.74) is 1.07. The molecular formula is C15H26N4. The van der Waals surface area contributed by atoms with E-state index in [1.54, 1.807) is 0 Å². The highest BCUT2D eigenvalue weighted by molar-refractivity contribution is 5.40. The quantitative estimate of drug-likeness (QED) is 0.904. The number of hydrogen-bond acceptors (Lipinski definition) is 4. The zero-order valence-electron chi connectivity index (χ0n) is 12.6. The number of rotatable bonds is 4. The number of anilines is 1. The van der Waals surface area contributed by atoms with Crippen LogP contribution in [-0.2, 0) is 6.42 Å². The summed E-state index contributed by atoms with van der Waals surface area (Å²) in [5, 5.41) is 3.63. The molecule has 0 amide bonds. The average Bonchev–Trinajstić information content (AvgIpc) is 2.38. The Morgan fingerprint density at radius 1 is 1.32 bits per heavy atom. The van der Waals surface area contributed by atoms with Crippen LogP contribution < -0.4 is 10.2 Å². The van der Waals surface area contributed by atoms with Crippen molar-refractivity contribution in [3.8, 4) is 0 Å². The molecule has 19 heavy (non-hydrogen) atoms. The highest BCUT2D eigenvalue weighted by atomic mass is 15.2. The van der Waals surface area contributed by atoms with E-state index in [2.05, 4.69) is 53.9 Å². The van der Waals surface area contributed by atoms with Crippen molar-refractivity contribution >= 4 is 5.82 Å². The highest BCUT2D eigenvalue weighted by Crippen LogP contribution is 2.19. The largest absolute Gasteiger partial charge is 0.356 e. The number of nitrogens with zero attached hydrogens (tertiary/aromatic N) is 3. The van der Waals surface area contributed by atoms with Crippen LogP contribution in [0.3, 0.4) is 0 Å². The van der Waals surface area contributed by atoms with Crippen molar-refractivity contribution in [2.75, 3.05) is 18.0 Å². The third-order valence-corrected chi connectivity index (χ3v) is 3.59. The zero-order valence-corrected chi connectivity index (χ0v) is 12.6. The van der Waals surface area contributed by atoms with E-state index in [-0.39, 0.29) is 0 Å². The summed E-state index contributed by atoms with van der Waals surface area (Å²) in [6.45, 7) is 10.8. The number of aryl methyl sites for hydroxylation is 2. The van der Waals surface area contributed by atoms with E-state index in [0.29, 0.717) is 12.1 Å². The van der Waals surface area contributed by atoms with Gasteiger partial charge in [0.2, 0.25) is 0 Å². The van der Waals surface area contributed by atoms with Gasteiger partial charge < -0.3 is 10.2 Å². The highest BCUT2D eigenvalue weighted by Gasteiger charge is 2.20. The minimum atomic E-state index is 0.574. The molecule has 106 valence electrons. The molecule has 1 N–H and O–H groups in total. The number of aromatic nitrogens is 2. The molecule has 2 rings (SSSR count). The van der Waals surface area contributed by atoms with Crippen LogP contribution in [0.5, 0.6) is 0 Å². The molecule has 0 saturated carbocycles. The van der Waals surface area contributed by atoms with Crippen molar-refractivity contribution < 1.29 is 0 Å². The molecule has 1 aliphatic heterocycles. The third kappa shape index (κ3) is 3.90. The Kier molecular flexibility index (Phi) is 4.75. The summed E-state index contributed by atoms with van der Waals surface area (Å²) >= 11 is 0. The fourth-order valence-corrected chi connectivity index (χ4v) is 2.68. The minimum Gasteiger partial charge on any atom is -0.356 e. The molecule has 0 aromatic carbocycles. The maximum absolute atomic E-state index is 4.66. The normalized spacial score (nSPS) is 17.2. The number of hydrogen-bond donors (Lipinski definition) is 1. The van der Waals surface area contributed by atoms with Crippen LogP contribution in [0.2, 0.25) is 0 Å². The van der Waals surface area contributed by atoms with E-state index < -0.39 is 0 Å². The van der Waals surface area contributed by atoms with E-state index in [9.17, 15) is 0 Å². The van der Waals surface area contributed by atoms with Gasteiger partial charge in [-0.3, -0.25) is 0 Å². The van der Waals surface area contributed by atoms with Gasteiger partial charge in [-0.1, -0.05) is 20.8 Å². The van der Waals surface area contributed by atoms with Crippen molar-refractivity contribution in [1.29, 1.82) is 0 Å². The Bertz CT molecular complexity index is 409. The summed E-state index contributed by atoms with van der Waals surface area (Å²) in [6, 6.07) is 3.34. The number of piperidine rings is 1. The lowest BCUT2D eigenvalue weighted by Crippen LogP contribution is -2.45. The average molecular weight is 262 g/mol. The molecule has 1 aromatic rings. The summed E-state index contributed by atoms with van der Waals surface area (Å²) < 4.78 is 0. The molecule has 1 saturated heterocycles. The van der Waals surface area contributed by atoms with Crippen molar-refractivity contribution in [1.82, 2.24) is 15.3 Å². The molecule has 4 nitrogen and oxygen atoms in total. The first-order valence-corrected chi connectivity index (χ1v) is 7.44. The summed E-state index contributed by atoms with van der Waals surface area (Å²) in [4.78, 5) is 11.5. The monoisotopic (exact) mass is 262 g/mol. The smallest absolute Gasteiger partial charge is 0.132 e. The Labute approximate surface area is 116 Å².